The monoisotopic (exact) mass is 445 g/mol. The maximum Gasteiger partial charge on any atom is 0.261 e. The highest BCUT2D eigenvalue weighted by molar-refractivity contribution is 7.13. The number of aromatic nitrogens is 3. The van der Waals surface area contributed by atoms with Gasteiger partial charge < -0.3 is 14.0 Å². The van der Waals surface area contributed by atoms with Gasteiger partial charge in [0.2, 0.25) is 0 Å². The summed E-state index contributed by atoms with van der Waals surface area (Å²) >= 11 is 1.49. The van der Waals surface area contributed by atoms with E-state index in [4.69, 9.17) is 9.47 Å². The highest BCUT2D eigenvalue weighted by Crippen LogP contribution is 2.42. The smallest absolute Gasteiger partial charge is 0.261 e. The van der Waals surface area contributed by atoms with Gasteiger partial charge in [0.25, 0.3) is 5.56 Å². The van der Waals surface area contributed by atoms with Crippen molar-refractivity contribution in [2.24, 2.45) is 0 Å². The van der Waals surface area contributed by atoms with E-state index in [1.54, 1.807) is 14.2 Å². The molecule has 0 radical (unpaired) electrons. The van der Waals surface area contributed by atoms with Gasteiger partial charge in [0, 0.05) is 52.8 Å². The Hall–Kier alpha value is -3.45. The van der Waals surface area contributed by atoms with E-state index in [0.29, 0.717) is 23.6 Å². The minimum absolute atomic E-state index is 0.0257. The van der Waals surface area contributed by atoms with Crippen LogP contribution < -0.4 is 15.0 Å². The fraction of sp³-hybridized carbons (Fsp3) is 0.240. The lowest BCUT2D eigenvalue weighted by atomic mass is 9.94. The number of pyridine rings is 2. The molecule has 4 aromatic rings. The van der Waals surface area contributed by atoms with E-state index in [1.165, 1.54) is 16.9 Å². The minimum atomic E-state index is -0.0257. The number of hydrogen-bond donors (Lipinski definition) is 0. The van der Waals surface area contributed by atoms with Crippen LogP contribution in [-0.2, 0) is 13.0 Å². The number of thiazole rings is 1. The molecule has 3 aromatic heterocycles. The molecule has 4 heterocycles. The van der Waals surface area contributed by atoms with Gasteiger partial charge in [-0.05, 0) is 49.6 Å². The lowest BCUT2D eigenvalue weighted by Gasteiger charge is -2.20. The second kappa shape index (κ2) is 8.24. The summed E-state index contributed by atoms with van der Waals surface area (Å²) in [5.41, 5.74) is 6.34. The zero-order valence-corrected chi connectivity index (χ0v) is 19.0. The second-order valence-electron chi connectivity index (χ2n) is 7.77. The molecule has 5 rings (SSSR count). The zero-order valence-electron chi connectivity index (χ0n) is 18.2. The summed E-state index contributed by atoms with van der Waals surface area (Å²) < 4.78 is 13.0. The van der Waals surface area contributed by atoms with Crippen molar-refractivity contribution in [3.05, 3.63) is 69.7 Å². The number of ether oxygens (including phenoxy) is 2. The van der Waals surface area contributed by atoms with E-state index in [1.807, 2.05) is 59.6 Å². The molecule has 0 saturated heterocycles. The first kappa shape index (κ1) is 20.5. The summed E-state index contributed by atoms with van der Waals surface area (Å²) in [5, 5.41) is 2.70. The van der Waals surface area contributed by atoms with E-state index in [2.05, 4.69) is 9.97 Å². The van der Waals surface area contributed by atoms with Gasteiger partial charge in [0.15, 0.2) is 0 Å². The third-order valence-corrected chi connectivity index (χ3v) is 6.83. The van der Waals surface area contributed by atoms with Crippen molar-refractivity contribution in [1.29, 1.82) is 0 Å². The van der Waals surface area contributed by atoms with Gasteiger partial charge in [0.05, 0.1) is 25.5 Å². The molecule has 0 bridgehead atoms. The highest BCUT2D eigenvalue weighted by Gasteiger charge is 2.25. The molecule has 0 spiro atoms. The molecule has 7 heteroatoms. The molecular formula is C25H23N3O3S. The van der Waals surface area contributed by atoms with Crippen LogP contribution in [0.4, 0.5) is 0 Å². The Balaban J connectivity index is 1.89. The molecule has 0 atom stereocenters. The molecule has 0 N–H and O–H groups in total. The first-order valence-corrected chi connectivity index (χ1v) is 11.3. The van der Waals surface area contributed by atoms with Gasteiger partial charge in [-0.3, -0.25) is 9.78 Å². The van der Waals surface area contributed by atoms with Gasteiger partial charge in [-0.15, -0.1) is 11.3 Å². The molecule has 1 aromatic carbocycles. The standard InChI is InChI=1S/C25H23N3O3S/c1-15-14-32-24(27-15)20-12-19(18-7-6-17(30-2)11-22(18)31-3)23-21-13-26-9-8-16(21)5-4-10-28(23)25(20)29/h6-9,11-14H,4-5,10H2,1-3H3. The van der Waals surface area contributed by atoms with E-state index >= 15 is 0 Å². The van der Waals surface area contributed by atoms with Crippen LogP contribution >= 0.6 is 11.3 Å². The van der Waals surface area contributed by atoms with Crippen LogP contribution in [0.25, 0.3) is 33.0 Å². The number of nitrogens with zero attached hydrogens (tertiary/aromatic N) is 3. The number of fused-ring (bicyclic) bond motifs is 3. The molecule has 32 heavy (non-hydrogen) atoms. The summed E-state index contributed by atoms with van der Waals surface area (Å²) in [4.78, 5) is 22.7. The van der Waals surface area contributed by atoms with E-state index in [0.717, 1.165) is 45.9 Å². The van der Waals surface area contributed by atoms with E-state index in [9.17, 15) is 4.79 Å². The van der Waals surface area contributed by atoms with Crippen LogP contribution in [0.1, 0.15) is 17.7 Å². The van der Waals surface area contributed by atoms with Crippen molar-refractivity contribution in [2.45, 2.75) is 26.3 Å². The number of hydrogen-bond acceptors (Lipinski definition) is 6. The molecule has 1 aliphatic heterocycles. The van der Waals surface area contributed by atoms with Crippen molar-refractivity contribution >= 4 is 11.3 Å². The SMILES string of the molecule is COc1ccc(-c2cc(-c3nc(C)cs3)c(=O)n3c2-c2cnccc2CCC3)c(OC)c1. The Morgan fingerprint density at radius 1 is 1.03 bits per heavy atom. The van der Waals surface area contributed by atoms with Crippen LogP contribution in [0.5, 0.6) is 11.5 Å². The van der Waals surface area contributed by atoms with Crippen LogP contribution in [0.3, 0.4) is 0 Å². The average molecular weight is 446 g/mol. The van der Waals surface area contributed by atoms with E-state index < -0.39 is 0 Å². The van der Waals surface area contributed by atoms with Gasteiger partial charge in [-0.25, -0.2) is 4.98 Å². The first-order valence-electron chi connectivity index (χ1n) is 10.5. The average Bonchev–Trinajstić information content (AvgIpc) is 3.15. The molecule has 162 valence electrons. The molecule has 0 fully saturated rings. The minimum Gasteiger partial charge on any atom is -0.497 e. The van der Waals surface area contributed by atoms with Crippen LogP contribution in [0.15, 0.2) is 52.9 Å². The molecule has 0 amide bonds. The van der Waals surface area contributed by atoms with Crippen molar-refractivity contribution in [3.8, 4) is 44.5 Å². The summed E-state index contributed by atoms with van der Waals surface area (Å²) in [6.45, 7) is 2.57. The zero-order chi connectivity index (χ0) is 22.2. The number of methoxy groups -OCH3 is 2. The maximum absolute atomic E-state index is 13.7. The predicted molar refractivity (Wildman–Crippen MR) is 127 cm³/mol. The van der Waals surface area contributed by atoms with Crippen molar-refractivity contribution in [2.75, 3.05) is 14.2 Å². The maximum atomic E-state index is 13.7. The van der Waals surface area contributed by atoms with Crippen LogP contribution in [-0.4, -0.2) is 28.8 Å². The topological polar surface area (TPSA) is 66.2 Å². The lowest BCUT2D eigenvalue weighted by molar-refractivity contribution is 0.395. The summed E-state index contributed by atoms with van der Waals surface area (Å²) in [7, 11) is 3.28. The van der Waals surface area contributed by atoms with E-state index in [-0.39, 0.29) is 5.56 Å². The quantitative estimate of drug-likeness (QED) is 0.444. The van der Waals surface area contributed by atoms with Crippen molar-refractivity contribution in [1.82, 2.24) is 14.5 Å². The Labute approximate surface area is 190 Å². The van der Waals surface area contributed by atoms with Crippen LogP contribution in [0.2, 0.25) is 0 Å². The molecule has 0 aliphatic carbocycles. The number of rotatable bonds is 4. The Morgan fingerprint density at radius 2 is 1.91 bits per heavy atom. The predicted octanol–water partition coefficient (Wildman–Crippen LogP) is 4.97. The molecular weight excluding hydrogens is 422 g/mol. The third kappa shape index (κ3) is 3.39. The lowest BCUT2D eigenvalue weighted by Crippen LogP contribution is -2.24. The van der Waals surface area contributed by atoms with Gasteiger partial charge in [-0.1, -0.05) is 0 Å². The fourth-order valence-corrected chi connectivity index (χ4v) is 5.11. The Kier molecular flexibility index (Phi) is 5.27. The Bertz CT molecular complexity index is 1370. The highest BCUT2D eigenvalue weighted by atomic mass is 32.1. The number of benzene rings is 1. The number of aryl methyl sites for hydroxylation is 2. The first-order chi connectivity index (χ1) is 15.6. The normalized spacial score (nSPS) is 12.6. The molecule has 6 nitrogen and oxygen atoms in total. The fourth-order valence-electron chi connectivity index (χ4n) is 4.31. The Morgan fingerprint density at radius 3 is 2.66 bits per heavy atom. The molecule has 1 aliphatic rings. The summed E-state index contributed by atoms with van der Waals surface area (Å²) in [6, 6.07) is 9.76. The third-order valence-electron chi connectivity index (χ3n) is 5.83. The summed E-state index contributed by atoms with van der Waals surface area (Å²) in [6.07, 6.45) is 5.44. The largest absolute Gasteiger partial charge is 0.497 e. The van der Waals surface area contributed by atoms with Crippen molar-refractivity contribution < 1.29 is 9.47 Å². The van der Waals surface area contributed by atoms with Gasteiger partial charge >= 0.3 is 0 Å². The summed E-state index contributed by atoms with van der Waals surface area (Å²) in [5.74, 6) is 1.39. The van der Waals surface area contributed by atoms with Gasteiger partial charge in [-0.2, -0.15) is 0 Å². The molecule has 0 saturated carbocycles. The van der Waals surface area contributed by atoms with Gasteiger partial charge in [0.1, 0.15) is 16.5 Å². The molecule has 0 unspecified atom stereocenters. The van der Waals surface area contributed by atoms with Crippen LogP contribution in [0, 0.1) is 6.92 Å². The van der Waals surface area contributed by atoms with Crippen molar-refractivity contribution in [3.63, 3.8) is 0 Å². The second-order valence-corrected chi connectivity index (χ2v) is 8.63.